The fourth-order valence-electron chi connectivity index (χ4n) is 6.67. The Morgan fingerprint density at radius 3 is 1.78 bits per heavy atom. The molecular formula is C45H38N4. The number of fused-ring (bicyclic) bond motifs is 4. The molecule has 0 saturated heterocycles. The van der Waals surface area contributed by atoms with Crippen LogP contribution in [0, 0.1) is 5.41 Å². The summed E-state index contributed by atoms with van der Waals surface area (Å²) >= 11 is 0. The molecule has 0 aliphatic carbocycles. The second kappa shape index (κ2) is 14.2. The van der Waals surface area contributed by atoms with Crippen molar-refractivity contribution in [3.63, 3.8) is 0 Å². The topological polar surface area (TPSA) is 44.0 Å². The van der Waals surface area contributed by atoms with Crippen LogP contribution in [0.4, 0.5) is 17.1 Å². The van der Waals surface area contributed by atoms with E-state index in [4.69, 9.17) is 5.41 Å². The highest BCUT2D eigenvalue weighted by Gasteiger charge is 2.16. The maximum Gasteiger partial charge on any atom is 0.0547 e. The van der Waals surface area contributed by atoms with Crippen molar-refractivity contribution in [3.05, 3.63) is 187 Å². The van der Waals surface area contributed by atoms with Gasteiger partial charge in [-0.1, -0.05) is 110 Å². The van der Waals surface area contributed by atoms with Gasteiger partial charge in [-0.25, -0.2) is 0 Å². The van der Waals surface area contributed by atoms with E-state index in [1.54, 1.807) is 0 Å². The SMILES string of the molecule is C=Cc1cc2cc3c4ccccc4n(-c4ccc(N(Cc5ccccc5)Cc5ccccc5)cc4)c3cc2cc1Nc1ccccc1.C=N. The standard InChI is InChI=1S/C44H35N3.CH3N/c1-2-34-26-35-27-41-40-20-12-13-21-43(40)47(44(41)29-36(35)28-42(34)45-37-18-10-5-11-19-37)39-24-22-38(23-25-39)46(30-32-14-6-3-7-15-32)31-33-16-8-4-9-17-33;1-2/h2-29,45H,1,30-31H2;2H,1H2. The van der Waals surface area contributed by atoms with Crippen LogP contribution in [0.15, 0.2) is 170 Å². The van der Waals surface area contributed by atoms with Gasteiger partial charge in [0.1, 0.15) is 0 Å². The van der Waals surface area contributed by atoms with Gasteiger partial charge in [0.15, 0.2) is 0 Å². The molecule has 238 valence electrons. The van der Waals surface area contributed by atoms with Crippen LogP contribution >= 0.6 is 0 Å². The van der Waals surface area contributed by atoms with E-state index in [0.717, 1.165) is 35.7 Å². The van der Waals surface area contributed by atoms with Crippen LogP contribution in [0.25, 0.3) is 44.3 Å². The molecule has 49 heavy (non-hydrogen) atoms. The van der Waals surface area contributed by atoms with E-state index >= 15 is 0 Å². The second-order valence-electron chi connectivity index (χ2n) is 12.0. The molecule has 0 spiro atoms. The zero-order chi connectivity index (χ0) is 33.6. The molecule has 0 amide bonds. The molecule has 0 atom stereocenters. The van der Waals surface area contributed by atoms with Gasteiger partial charge in [0.25, 0.3) is 0 Å². The minimum Gasteiger partial charge on any atom is -0.363 e. The Balaban J connectivity index is 0.00000186. The van der Waals surface area contributed by atoms with E-state index in [9.17, 15) is 0 Å². The third-order valence-electron chi connectivity index (χ3n) is 8.98. The summed E-state index contributed by atoms with van der Waals surface area (Å²) in [5.74, 6) is 0. The summed E-state index contributed by atoms with van der Waals surface area (Å²) < 4.78 is 2.40. The van der Waals surface area contributed by atoms with Gasteiger partial charge in [0.05, 0.1) is 11.0 Å². The Hall–Kier alpha value is -6.39. The summed E-state index contributed by atoms with van der Waals surface area (Å²) in [4.78, 5) is 2.45. The first kappa shape index (κ1) is 31.2. The van der Waals surface area contributed by atoms with Gasteiger partial charge in [0.2, 0.25) is 0 Å². The summed E-state index contributed by atoms with van der Waals surface area (Å²) in [7, 11) is 0. The first-order valence-corrected chi connectivity index (χ1v) is 16.5. The molecule has 0 fully saturated rings. The molecular weight excluding hydrogens is 597 g/mol. The van der Waals surface area contributed by atoms with Crippen LogP contribution in [-0.4, -0.2) is 11.3 Å². The number of hydrogen-bond donors (Lipinski definition) is 2. The van der Waals surface area contributed by atoms with Gasteiger partial charge >= 0.3 is 0 Å². The lowest BCUT2D eigenvalue weighted by Crippen LogP contribution is -2.22. The fourth-order valence-corrected chi connectivity index (χ4v) is 6.67. The number of nitrogens with zero attached hydrogens (tertiary/aromatic N) is 2. The summed E-state index contributed by atoms with van der Waals surface area (Å²) in [6, 6.07) is 58.6. The molecule has 2 N–H and O–H groups in total. The quantitative estimate of drug-likeness (QED) is 0.155. The smallest absolute Gasteiger partial charge is 0.0547 e. The summed E-state index contributed by atoms with van der Waals surface area (Å²) in [5.41, 5.74) is 10.5. The lowest BCUT2D eigenvalue weighted by molar-refractivity contribution is 0.800. The number of nitrogens with one attached hydrogen (secondary N) is 2. The van der Waals surface area contributed by atoms with E-state index < -0.39 is 0 Å². The van der Waals surface area contributed by atoms with Crippen molar-refractivity contribution in [2.24, 2.45) is 0 Å². The van der Waals surface area contributed by atoms with Gasteiger partial charge in [-0.2, -0.15) is 0 Å². The minimum absolute atomic E-state index is 0.836. The molecule has 1 heterocycles. The van der Waals surface area contributed by atoms with Crippen LogP contribution in [0.2, 0.25) is 0 Å². The maximum absolute atomic E-state index is 5.50. The van der Waals surface area contributed by atoms with Gasteiger partial charge in [-0.15, -0.1) is 0 Å². The molecule has 4 nitrogen and oxygen atoms in total. The zero-order valence-corrected chi connectivity index (χ0v) is 27.4. The number of hydrogen-bond acceptors (Lipinski definition) is 3. The Labute approximate surface area is 287 Å². The van der Waals surface area contributed by atoms with Gasteiger partial charge in [-0.05, 0) is 101 Å². The molecule has 0 saturated carbocycles. The predicted molar refractivity (Wildman–Crippen MR) is 211 cm³/mol. The van der Waals surface area contributed by atoms with Crippen LogP contribution in [-0.2, 0) is 13.1 Å². The Morgan fingerprint density at radius 1 is 0.571 bits per heavy atom. The predicted octanol–water partition coefficient (Wildman–Crippen LogP) is 11.8. The molecule has 8 rings (SSSR count). The van der Waals surface area contributed by atoms with Gasteiger partial charge in [0, 0.05) is 46.6 Å². The van der Waals surface area contributed by atoms with Crippen molar-refractivity contribution in [2.75, 3.05) is 10.2 Å². The molecule has 0 radical (unpaired) electrons. The fraction of sp³-hybridized carbons (Fsp3) is 0.0444. The van der Waals surface area contributed by atoms with Gasteiger partial charge in [-0.3, -0.25) is 0 Å². The summed E-state index contributed by atoms with van der Waals surface area (Å²) in [6.07, 6.45) is 1.93. The Kier molecular flexibility index (Phi) is 9.02. The van der Waals surface area contributed by atoms with Crippen LogP contribution in [0.3, 0.4) is 0 Å². The molecule has 7 aromatic carbocycles. The van der Waals surface area contributed by atoms with E-state index in [0.29, 0.717) is 0 Å². The number of rotatable bonds is 9. The molecule has 1 aromatic heterocycles. The molecule has 0 aliphatic heterocycles. The number of para-hydroxylation sites is 2. The maximum atomic E-state index is 5.50. The Morgan fingerprint density at radius 2 is 1.14 bits per heavy atom. The molecule has 4 heteroatoms. The average molecular weight is 635 g/mol. The average Bonchev–Trinajstić information content (AvgIpc) is 3.48. The van der Waals surface area contributed by atoms with Gasteiger partial charge < -0.3 is 20.2 Å². The lowest BCUT2D eigenvalue weighted by Gasteiger charge is -2.26. The van der Waals surface area contributed by atoms with E-state index in [-0.39, 0.29) is 0 Å². The third-order valence-corrected chi connectivity index (χ3v) is 8.98. The van der Waals surface area contributed by atoms with Crippen molar-refractivity contribution in [2.45, 2.75) is 13.1 Å². The monoisotopic (exact) mass is 634 g/mol. The normalized spacial score (nSPS) is 10.9. The third kappa shape index (κ3) is 6.45. The lowest BCUT2D eigenvalue weighted by atomic mass is 10.0. The molecule has 0 aliphatic rings. The number of anilines is 3. The van der Waals surface area contributed by atoms with Crippen molar-refractivity contribution in [1.82, 2.24) is 4.57 Å². The summed E-state index contributed by atoms with van der Waals surface area (Å²) in [6.45, 7) is 8.29. The zero-order valence-electron chi connectivity index (χ0n) is 27.4. The highest BCUT2D eigenvalue weighted by Crippen LogP contribution is 2.37. The first-order valence-electron chi connectivity index (χ1n) is 16.5. The van der Waals surface area contributed by atoms with Crippen molar-refractivity contribution in [1.29, 1.82) is 5.41 Å². The second-order valence-corrected chi connectivity index (χ2v) is 12.0. The molecule has 0 unspecified atom stereocenters. The van der Waals surface area contributed by atoms with Crippen molar-refractivity contribution >= 4 is 62.4 Å². The summed E-state index contributed by atoms with van der Waals surface area (Å²) in [5, 5.41) is 14.0. The van der Waals surface area contributed by atoms with E-state index in [1.807, 2.05) is 24.3 Å². The van der Waals surface area contributed by atoms with E-state index in [2.05, 4.69) is 174 Å². The van der Waals surface area contributed by atoms with Crippen LogP contribution in [0.1, 0.15) is 16.7 Å². The van der Waals surface area contributed by atoms with Crippen LogP contribution < -0.4 is 10.2 Å². The molecule has 0 bridgehead atoms. The van der Waals surface area contributed by atoms with Crippen LogP contribution in [0.5, 0.6) is 0 Å². The van der Waals surface area contributed by atoms with E-state index in [1.165, 1.54) is 49.4 Å². The largest absolute Gasteiger partial charge is 0.363 e. The highest BCUT2D eigenvalue weighted by atomic mass is 15.1. The molecule has 8 aromatic rings. The van der Waals surface area contributed by atoms with Crippen molar-refractivity contribution in [3.8, 4) is 5.69 Å². The highest BCUT2D eigenvalue weighted by molar-refractivity contribution is 6.14. The number of benzene rings is 7. The minimum atomic E-state index is 0.836. The number of aromatic nitrogens is 1. The Bertz CT molecular complexity index is 2300. The first-order chi connectivity index (χ1) is 24.2. The van der Waals surface area contributed by atoms with Crippen molar-refractivity contribution < 1.29 is 0 Å².